The molecule has 1 atom stereocenters. The van der Waals surface area contributed by atoms with Crippen molar-refractivity contribution in [2.24, 2.45) is 0 Å². The molecule has 1 aromatic carbocycles. The van der Waals surface area contributed by atoms with Gasteiger partial charge in [-0.15, -0.1) is 0 Å². The van der Waals surface area contributed by atoms with E-state index in [1.54, 1.807) is 0 Å². The fraction of sp³-hybridized carbons (Fsp3) is 0.154. The molecule has 2 rings (SSSR count). The van der Waals surface area contributed by atoms with E-state index in [0.717, 1.165) is 6.29 Å². The van der Waals surface area contributed by atoms with Crippen molar-refractivity contribution in [1.29, 1.82) is 0 Å². The van der Waals surface area contributed by atoms with Gasteiger partial charge in [-0.3, -0.25) is 0 Å². The van der Waals surface area contributed by atoms with E-state index in [9.17, 15) is 4.79 Å². The molecule has 0 amide bonds. The molecule has 1 nitrogen and oxygen atoms in total. The van der Waals surface area contributed by atoms with Gasteiger partial charge in [-0.1, -0.05) is 64.5 Å². The van der Waals surface area contributed by atoms with E-state index in [2.05, 4.69) is 34.1 Å². The largest absolute Gasteiger partial charge is 0.301 e. The van der Waals surface area contributed by atoms with Crippen molar-refractivity contribution < 1.29 is 4.79 Å². The van der Waals surface area contributed by atoms with Crippen molar-refractivity contribution in [1.82, 2.24) is 0 Å². The van der Waals surface area contributed by atoms with Crippen LogP contribution in [0.15, 0.2) is 48.6 Å². The van der Waals surface area contributed by atoms with Gasteiger partial charge in [-0.25, -0.2) is 0 Å². The summed E-state index contributed by atoms with van der Waals surface area (Å²) in [6, 6.07) is 10.2. The van der Waals surface area contributed by atoms with Crippen molar-refractivity contribution in [3.8, 4) is 0 Å². The normalized spacial score (nSPS) is 24.7. The minimum atomic E-state index is -0.495. The smallest absolute Gasteiger partial charge is 0.140 e. The van der Waals surface area contributed by atoms with Crippen molar-refractivity contribution in [3.63, 3.8) is 0 Å². The second-order valence-corrected chi connectivity index (χ2v) is 5.08. The lowest BCUT2D eigenvalue weighted by Crippen LogP contribution is -2.20. The number of halogens is 1. The van der Waals surface area contributed by atoms with Crippen molar-refractivity contribution >= 4 is 27.8 Å². The molecule has 0 saturated carbocycles. The standard InChI is InChI=1S/C13H11BrO/c14-13(10-15)8-6-12(7-9-13)11-4-2-1-3-5-11/h1-8,10H,9H2. The zero-order valence-electron chi connectivity index (χ0n) is 8.19. The SMILES string of the molecule is O=CC1(Br)C=CC(c2ccccc2)=CC1. The van der Waals surface area contributed by atoms with E-state index in [1.807, 2.05) is 30.4 Å². The molecule has 76 valence electrons. The van der Waals surface area contributed by atoms with Gasteiger partial charge in [0.15, 0.2) is 0 Å². The highest BCUT2D eigenvalue weighted by molar-refractivity contribution is 9.10. The lowest BCUT2D eigenvalue weighted by Gasteiger charge is -2.19. The van der Waals surface area contributed by atoms with E-state index in [4.69, 9.17) is 0 Å². The number of hydrogen-bond acceptors (Lipinski definition) is 1. The third-order valence-corrected chi connectivity index (χ3v) is 3.25. The molecule has 0 bridgehead atoms. The second-order valence-electron chi connectivity index (χ2n) is 3.61. The molecule has 0 spiro atoms. The van der Waals surface area contributed by atoms with Gasteiger partial charge in [0, 0.05) is 0 Å². The summed E-state index contributed by atoms with van der Waals surface area (Å²) >= 11 is 3.40. The Hall–Kier alpha value is -1.15. The Morgan fingerprint density at radius 3 is 2.53 bits per heavy atom. The van der Waals surface area contributed by atoms with E-state index in [1.165, 1.54) is 11.1 Å². The van der Waals surface area contributed by atoms with Crippen LogP contribution in [-0.2, 0) is 4.79 Å². The Labute approximate surface area is 97.6 Å². The number of rotatable bonds is 2. The number of aldehydes is 1. The van der Waals surface area contributed by atoms with Crippen LogP contribution in [0.3, 0.4) is 0 Å². The molecule has 15 heavy (non-hydrogen) atoms. The second kappa shape index (κ2) is 4.15. The Balaban J connectivity index is 2.24. The number of allylic oxidation sites excluding steroid dienone is 4. The molecule has 0 aliphatic heterocycles. The van der Waals surface area contributed by atoms with Crippen molar-refractivity contribution in [2.45, 2.75) is 10.7 Å². The number of benzene rings is 1. The van der Waals surface area contributed by atoms with Crippen molar-refractivity contribution in [2.75, 3.05) is 0 Å². The van der Waals surface area contributed by atoms with Crippen molar-refractivity contribution in [3.05, 3.63) is 54.1 Å². The van der Waals surface area contributed by atoms with Crippen LogP contribution in [0.25, 0.3) is 5.57 Å². The molecule has 1 aliphatic carbocycles. The van der Waals surface area contributed by atoms with E-state index < -0.39 is 4.32 Å². The Kier molecular flexibility index (Phi) is 2.87. The number of alkyl halides is 1. The van der Waals surface area contributed by atoms with Gasteiger partial charge in [0.1, 0.15) is 10.6 Å². The van der Waals surface area contributed by atoms with Crippen LogP contribution in [0.1, 0.15) is 12.0 Å². The molecule has 0 radical (unpaired) electrons. The quantitative estimate of drug-likeness (QED) is 0.590. The van der Waals surface area contributed by atoms with Crippen LogP contribution in [0.5, 0.6) is 0 Å². The Morgan fingerprint density at radius 2 is 2.00 bits per heavy atom. The highest BCUT2D eigenvalue weighted by Crippen LogP contribution is 2.31. The summed E-state index contributed by atoms with van der Waals surface area (Å²) in [5.41, 5.74) is 2.36. The first-order chi connectivity index (χ1) is 7.23. The fourth-order valence-electron chi connectivity index (χ4n) is 1.56. The highest BCUT2D eigenvalue weighted by Gasteiger charge is 2.23. The molecule has 1 aromatic rings. The van der Waals surface area contributed by atoms with Gasteiger partial charge in [0.25, 0.3) is 0 Å². The van der Waals surface area contributed by atoms with Crippen LogP contribution in [0.4, 0.5) is 0 Å². The van der Waals surface area contributed by atoms with E-state index in [-0.39, 0.29) is 0 Å². The molecule has 0 heterocycles. The topological polar surface area (TPSA) is 17.1 Å². The van der Waals surface area contributed by atoms with Gasteiger partial charge in [-0.05, 0) is 17.6 Å². The van der Waals surface area contributed by atoms with Gasteiger partial charge >= 0.3 is 0 Å². The summed E-state index contributed by atoms with van der Waals surface area (Å²) in [5.74, 6) is 0. The Bertz CT molecular complexity index is 419. The molecule has 1 unspecified atom stereocenters. The van der Waals surface area contributed by atoms with Crippen LogP contribution in [-0.4, -0.2) is 10.6 Å². The van der Waals surface area contributed by atoms with Gasteiger partial charge in [0.05, 0.1) is 0 Å². The molecule has 0 fully saturated rings. The third-order valence-electron chi connectivity index (χ3n) is 2.48. The average Bonchev–Trinajstić information content (AvgIpc) is 2.31. The molecule has 0 saturated heterocycles. The average molecular weight is 263 g/mol. The fourth-order valence-corrected chi connectivity index (χ4v) is 1.86. The van der Waals surface area contributed by atoms with Gasteiger partial charge in [0.2, 0.25) is 0 Å². The minimum absolute atomic E-state index is 0.495. The summed E-state index contributed by atoms with van der Waals surface area (Å²) in [6.45, 7) is 0. The summed E-state index contributed by atoms with van der Waals surface area (Å²) < 4.78 is -0.495. The maximum atomic E-state index is 10.8. The van der Waals surface area contributed by atoms with Crippen LogP contribution in [0.2, 0.25) is 0 Å². The third kappa shape index (κ3) is 2.26. The van der Waals surface area contributed by atoms with Crippen LogP contribution < -0.4 is 0 Å². The first-order valence-corrected chi connectivity index (χ1v) is 5.63. The van der Waals surface area contributed by atoms with Crippen LogP contribution in [0, 0.1) is 0 Å². The van der Waals surface area contributed by atoms with Gasteiger partial charge < -0.3 is 4.79 Å². The Morgan fingerprint density at radius 1 is 1.27 bits per heavy atom. The zero-order valence-corrected chi connectivity index (χ0v) is 9.78. The summed E-state index contributed by atoms with van der Waals surface area (Å²) in [7, 11) is 0. The maximum absolute atomic E-state index is 10.8. The molecule has 2 heteroatoms. The maximum Gasteiger partial charge on any atom is 0.140 e. The predicted molar refractivity (Wildman–Crippen MR) is 65.9 cm³/mol. The zero-order chi connectivity index (χ0) is 10.7. The van der Waals surface area contributed by atoms with E-state index in [0.29, 0.717) is 6.42 Å². The molecule has 1 aliphatic rings. The molecule has 0 N–H and O–H groups in total. The summed E-state index contributed by atoms with van der Waals surface area (Å²) in [6.07, 6.45) is 7.61. The monoisotopic (exact) mass is 262 g/mol. The summed E-state index contributed by atoms with van der Waals surface area (Å²) in [4.78, 5) is 10.8. The molecular weight excluding hydrogens is 252 g/mol. The number of hydrogen-bond donors (Lipinski definition) is 0. The van der Waals surface area contributed by atoms with E-state index >= 15 is 0 Å². The lowest BCUT2D eigenvalue weighted by molar-refractivity contribution is -0.108. The highest BCUT2D eigenvalue weighted by atomic mass is 79.9. The van der Waals surface area contributed by atoms with Gasteiger partial charge in [-0.2, -0.15) is 0 Å². The molecular formula is C13H11BrO. The first-order valence-electron chi connectivity index (χ1n) is 4.84. The summed E-state index contributed by atoms with van der Waals surface area (Å²) in [5, 5.41) is 0. The number of carbonyl (C=O) groups excluding carboxylic acids is 1. The minimum Gasteiger partial charge on any atom is -0.301 e. The first kappa shape index (κ1) is 10.4. The lowest BCUT2D eigenvalue weighted by atomic mass is 9.94. The molecule has 0 aromatic heterocycles. The van der Waals surface area contributed by atoms with Crippen LogP contribution >= 0.6 is 15.9 Å². The number of carbonyl (C=O) groups is 1. The predicted octanol–water partition coefficient (Wildman–Crippen LogP) is 3.36.